The van der Waals surface area contributed by atoms with Gasteiger partial charge in [0.15, 0.2) is 11.6 Å². The van der Waals surface area contributed by atoms with Crippen LogP contribution in [0.15, 0.2) is 90.8 Å². The van der Waals surface area contributed by atoms with Crippen LogP contribution in [0, 0.1) is 24.0 Å². The van der Waals surface area contributed by atoms with Crippen molar-refractivity contribution in [2.45, 2.75) is 97.7 Å². The van der Waals surface area contributed by atoms with E-state index in [2.05, 4.69) is 51.7 Å². The van der Waals surface area contributed by atoms with Gasteiger partial charge >= 0.3 is 0 Å². The molecule has 1 unspecified atom stereocenters. The molecule has 0 aliphatic carbocycles. The number of nitrogens with one attached hydrogen (secondary N) is 5. The molecule has 21 heteroatoms. The van der Waals surface area contributed by atoms with Crippen LogP contribution in [0.25, 0.3) is 22.0 Å². The minimum absolute atomic E-state index is 0.0482. The maximum Gasteiger partial charge on any atom is 0.251 e. The van der Waals surface area contributed by atoms with Crippen molar-refractivity contribution < 1.29 is 37.9 Å². The average molecular weight is 991 g/mol. The number of aryl methyl sites for hydroxylation is 1. The van der Waals surface area contributed by atoms with Gasteiger partial charge in [0.05, 0.1) is 28.7 Å². The Hall–Kier alpha value is -7.52. The van der Waals surface area contributed by atoms with E-state index in [1.807, 2.05) is 35.8 Å². The lowest BCUT2D eigenvalue weighted by molar-refractivity contribution is -0.144. The Morgan fingerprint density at radius 1 is 0.873 bits per heavy atom. The Morgan fingerprint density at radius 2 is 1.62 bits per heavy atom. The van der Waals surface area contributed by atoms with E-state index in [1.165, 1.54) is 17.3 Å². The summed E-state index contributed by atoms with van der Waals surface area (Å²) < 4.78 is 30.1. The number of aliphatic hydroxyl groups is 1. The third-order valence-electron chi connectivity index (χ3n) is 11.9. The first-order valence-corrected chi connectivity index (χ1v) is 24.0. The number of hydrogen-bond donors (Lipinski definition) is 6. The monoisotopic (exact) mass is 990 g/mol. The second-order valence-electron chi connectivity index (χ2n) is 18.2. The second kappa shape index (κ2) is 23.4. The van der Waals surface area contributed by atoms with Gasteiger partial charge in [-0.15, -0.1) is 21.5 Å². The summed E-state index contributed by atoms with van der Waals surface area (Å²) in [6.07, 6.45) is 2.17. The summed E-state index contributed by atoms with van der Waals surface area (Å²) in [7, 11) is 0. The predicted octanol–water partition coefficient (Wildman–Crippen LogP) is 5.08. The molecule has 6 N–H and O–H groups in total. The SMILES string of the molecule is Cc1ncsc1-c1ccc(CNC(=O)C2C[C@@H](O)CN2C(=O)[C@@H](NC(=O)CCC(=O)NCCCn2c(CNc3cccc(C(=O)NCc4c(F)cccc4F)c3)nnc2-c2ccncn2)C(C)(C)C)cc1. The Balaban J connectivity index is 0.888. The van der Waals surface area contributed by atoms with E-state index >= 15 is 0 Å². The van der Waals surface area contributed by atoms with E-state index in [0.29, 0.717) is 36.0 Å². The number of halogens is 2. The summed E-state index contributed by atoms with van der Waals surface area (Å²) in [5.74, 6) is -2.88. The largest absolute Gasteiger partial charge is 0.391 e. The van der Waals surface area contributed by atoms with Crippen LogP contribution in [0.3, 0.4) is 0 Å². The number of aromatic nitrogens is 6. The molecule has 3 aromatic carbocycles. The van der Waals surface area contributed by atoms with Gasteiger partial charge in [-0.05, 0) is 66.3 Å². The fourth-order valence-electron chi connectivity index (χ4n) is 8.03. The van der Waals surface area contributed by atoms with E-state index in [-0.39, 0.29) is 69.0 Å². The highest BCUT2D eigenvalue weighted by Crippen LogP contribution is 2.29. The number of likely N-dealkylation sites (tertiary alicyclic amines) is 1. The summed E-state index contributed by atoms with van der Waals surface area (Å²) >= 11 is 1.55. The molecule has 372 valence electrons. The zero-order chi connectivity index (χ0) is 50.7. The topological polar surface area (TPSA) is 238 Å². The number of anilines is 1. The van der Waals surface area contributed by atoms with Gasteiger partial charge in [-0.2, -0.15) is 0 Å². The lowest BCUT2D eigenvalue weighted by Crippen LogP contribution is -2.57. The minimum Gasteiger partial charge on any atom is -0.391 e. The van der Waals surface area contributed by atoms with E-state index in [0.717, 1.165) is 33.8 Å². The normalized spacial score (nSPS) is 14.9. The summed E-state index contributed by atoms with van der Waals surface area (Å²) in [5, 5.41) is 33.7. The Kier molecular flexibility index (Phi) is 16.9. The van der Waals surface area contributed by atoms with Crippen molar-refractivity contribution in [3.05, 3.63) is 131 Å². The molecule has 0 bridgehead atoms. The van der Waals surface area contributed by atoms with E-state index in [9.17, 15) is 37.9 Å². The van der Waals surface area contributed by atoms with Crippen LogP contribution < -0.4 is 26.6 Å². The molecule has 4 heterocycles. The molecule has 18 nitrogen and oxygen atoms in total. The number of β-amino-alcohol motifs (C(OH)–C–C–N with tert-alkyl or cyclic N) is 1. The van der Waals surface area contributed by atoms with Gasteiger partial charge in [0.2, 0.25) is 23.6 Å². The number of rotatable bonds is 20. The molecule has 1 aliphatic rings. The van der Waals surface area contributed by atoms with Crippen LogP contribution in [0.4, 0.5) is 14.5 Å². The lowest BCUT2D eigenvalue weighted by Gasteiger charge is -2.35. The second-order valence-corrected chi connectivity index (χ2v) is 19.0. The molecule has 3 aromatic heterocycles. The Bertz CT molecular complexity index is 2820. The standard InChI is InChI=1S/C50H56F2N12O6S/c1-30-44(71-29-59-30)32-14-12-31(13-15-32)24-56-48(69)40-23-35(65)27-64(40)49(70)45(50(2,3)4)60-43(67)17-16-42(66)54-19-7-21-63-41(61-62-46(63)39-18-20-53-28-58-39)26-55-34-9-5-8-33(22-34)47(68)57-25-36-37(51)10-6-11-38(36)52/h5-6,8-15,18,20,22,28-29,35,40,45,55,65H,7,16-17,19,21,23-27H2,1-4H3,(H,54,66)(H,56,69)(H,57,68)(H,60,67)/t35-,40?,45-/m1/s1. The zero-order valence-electron chi connectivity index (χ0n) is 39.7. The van der Waals surface area contributed by atoms with Crippen molar-refractivity contribution in [1.29, 1.82) is 0 Å². The quantitative estimate of drug-likeness (QED) is 0.0550. The Morgan fingerprint density at radius 3 is 2.32 bits per heavy atom. The van der Waals surface area contributed by atoms with Crippen molar-refractivity contribution in [2.75, 3.05) is 18.4 Å². The molecule has 1 aliphatic heterocycles. The minimum atomic E-state index is -1.05. The van der Waals surface area contributed by atoms with Gasteiger partial charge in [0.25, 0.3) is 5.91 Å². The molecule has 7 rings (SSSR count). The number of aliphatic hydroxyl groups excluding tert-OH is 1. The third kappa shape index (κ3) is 13.4. The number of carbonyl (C=O) groups excluding carboxylic acids is 5. The van der Waals surface area contributed by atoms with Gasteiger partial charge in [0, 0.05) is 75.0 Å². The highest BCUT2D eigenvalue weighted by Gasteiger charge is 2.44. The number of carbonyl (C=O) groups is 5. The van der Waals surface area contributed by atoms with Crippen LogP contribution >= 0.6 is 11.3 Å². The molecular weight excluding hydrogens is 935 g/mol. The lowest BCUT2D eigenvalue weighted by atomic mass is 9.85. The molecule has 1 fully saturated rings. The van der Waals surface area contributed by atoms with Crippen molar-refractivity contribution >= 4 is 46.6 Å². The summed E-state index contributed by atoms with van der Waals surface area (Å²) in [5.41, 5.74) is 4.95. The molecule has 71 heavy (non-hydrogen) atoms. The number of amides is 5. The zero-order valence-corrected chi connectivity index (χ0v) is 40.6. The van der Waals surface area contributed by atoms with Gasteiger partial charge in [-0.3, -0.25) is 24.0 Å². The molecule has 3 atom stereocenters. The van der Waals surface area contributed by atoms with Crippen molar-refractivity contribution in [2.24, 2.45) is 5.41 Å². The predicted molar refractivity (Wildman–Crippen MR) is 261 cm³/mol. The van der Waals surface area contributed by atoms with Crippen LogP contribution in [0.1, 0.15) is 79.5 Å². The Labute approximate surface area is 413 Å². The maximum absolute atomic E-state index is 14.1. The van der Waals surface area contributed by atoms with E-state index in [1.54, 1.807) is 74.1 Å². The summed E-state index contributed by atoms with van der Waals surface area (Å²) in [4.78, 5) is 81.9. The van der Waals surface area contributed by atoms with Crippen molar-refractivity contribution in [1.82, 2.24) is 55.9 Å². The first-order valence-electron chi connectivity index (χ1n) is 23.1. The van der Waals surface area contributed by atoms with Crippen LogP contribution in [0.2, 0.25) is 0 Å². The maximum atomic E-state index is 14.1. The molecule has 0 spiro atoms. The van der Waals surface area contributed by atoms with E-state index in [4.69, 9.17) is 0 Å². The fraction of sp³-hybridized carbons (Fsp3) is 0.360. The summed E-state index contributed by atoms with van der Waals surface area (Å²) in [6.45, 7) is 7.91. The molecule has 1 saturated heterocycles. The fourth-order valence-corrected chi connectivity index (χ4v) is 8.84. The van der Waals surface area contributed by atoms with Crippen LogP contribution in [-0.4, -0.2) is 101 Å². The third-order valence-corrected chi connectivity index (χ3v) is 12.9. The van der Waals surface area contributed by atoms with Crippen LogP contribution in [0.5, 0.6) is 0 Å². The molecule has 5 amide bonds. The number of benzene rings is 3. The average Bonchev–Trinajstić information content (AvgIpc) is 4.10. The summed E-state index contributed by atoms with van der Waals surface area (Å²) in [6, 6.07) is 17.6. The van der Waals surface area contributed by atoms with Crippen molar-refractivity contribution in [3.63, 3.8) is 0 Å². The first kappa shape index (κ1) is 51.3. The molecule has 6 aromatic rings. The molecule has 0 saturated carbocycles. The van der Waals surface area contributed by atoms with Gasteiger partial charge in [-0.25, -0.2) is 23.7 Å². The smallest absolute Gasteiger partial charge is 0.251 e. The van der Waals surface area contributed by atoms with Gasteiger partial charge in [0.1, 0.15) is 35.7 Å². The number of nitrogens with zero attached hydrogens (tertiary/aromatic N) is 7. The van der Waals surface area contributed by atoms with Crippen LogP contribution in [-0.2, 0) is 45.4 Å². The van der Waals surface area contributed by atoms with Crippen molar-refractivity contribution in [3.8, 4) is 22.0 Å². The van der Waals surface area contributed by atoms with E-state index < -0.39 is 58.9 Å². The molecular formula is C50H56F2N12O6S. The highest BCUT2D eigenvalue weighted by molar-refractivity contribution is 7.13. The first-order chi connectivity index (χ1) is 34.0. The highest BCUT2D eigenvalue weighted by atomic mass is 32.1. The number of hydrogen-bond acceptors (Lipinski definition) is 13. The molecule has 0 radical (unpaired) electrons. The van der Waals surface area contributed by atoms with Gasteiger partial charge in [-0.1, -0.05) is 57.2 Å². The number of thiazole rings is 1. The van der Waals surface area contributed by atoms with Gasteiger partial charge < -0.3 is 41.2 Å².